The topological polar surface area (TPSA) is 51.2 Å². The number of benzene rings is 3. The van der Waals surface area contributed by atoms with Gasteiger partial charge in [-0.05, 0) is 37.3 Å². The molecule has 138 valence electrons. The number of pyridine rings is 1. The summed E-state index contributed by atoms with van der Waals surface area (Å²) < 4.78 is 5.35. The molecule has 4 heteroatoms. The van der Waals surface area contributed by atoms with Crippen LogP contribution in [0.15, 0.2) is 78.9 Å². The van der Waals surface area contributed by atoms with Crippen LogP contribution in [0.2, 0.25) is 0 Å². The van der Waals surface area contributed by atoms with Gasteiger partial charge < -0.3 is 10.1 Å². The Balaban J connectivity index is 1.84. The fourth-order valence-electron chi connectivity index (χ4n) is 3.22. The summed E-state index contributed by atoms with van der Waals surface area (Å²) in [5.74, 6) is 0.424. The molecule has 1 aromatic heterocycles. The van der Waals surface area contributed by atoms with Crippen molar-refractivity contribution in [1.82, 2.24) is 4.98 Å². The molecule has 1 heterocycles. The molecule has 0 spiro atoms. The summed E-state index contributed by atoms with van der Waals surface area (Å²) in [6.07, 6.45) is 0. The number of methoxy groups -OCH3 is 1. The molecule has 0 radical (unpaired) electrons. The second-order valence-corrected chi connectivity index (χ2v) is 6.60. The molecule has 4 aromatic rings. The van der Waals surface area contributed by atoms with Gasteiger partial charge in [0.05, 0.1) is 29.6 Å². The zero-order valence-electron chi connectivity index (χ0n) is 15.8. The van der Waals surface area contributed by atoms with E-state index in [1.807, 2.05) is 85.8 Å². The van der Waals surface area contributed by atoms with Crippen LogP contribution in [0, 0.1) is 6.92 Å². The van der Waals surface area contributed by atoms with Gasteiger partial charge in [-0.3, -0.25) is 4.79 Å². The first-order chi connectivity index (χ1) is 13.7. The first kappa shape index (κ1) is 17.7. The van der Waals surface area contributed by atoms with E-state index in [4.69, 9.17) is 9.72 Å². The molecule has 4 nitrogen and oxygen atoms in total. The highest BCUT2D eigenvalue weighted by atomic mass is 16.5. The van der Waals surface area contributed by atoms with E-state index in [0.717, 1.165) is 27.7 Å². The minimum absolute atomic E-state index is 0.195. The van der Waals surface area contributed by atoms with E-state index < -0.39 is 0 Å². The molecule has 0 saturated heterocycles. The van der Waals surface area contributed by atoms with Gasteiger partial charge in [0.2, 0.25) is 0 Å². The van der Waals surface area contributed by atoms with Crippen molar-refractivity contribution in [3.05, 3.63) is 90.0 Å². The fraction of sp³-hybridized carbons (Fsp3) is 0.0833. The van der Waals surface area contributed by atoms with Gasteiger partial charge in [-0.2, -0.15) is 0 Å². The maximum absolute atomic E-state index is 13.2. The molecule has 0 bridgehead atoms. The summed E-state index contributed by atoms with van der Waals surface area (Å²) in [4.78, 5) is 18.0. The number of nitrogens with zero attached hydrogens (tertiary/aromatic N) is 1. The number of amides is 1. The summed E-state index contributed by atoms with van der Waals surface area (Å²) >= 11 is 0. The van der Waals surface area contributed by atoms with Crippen LogP contribution >= 0.6 is 0 Å². The lowest BCUT2D eigenvalue weighted by molar-refractivity contribution is 0.102. The number of rotatable bonds is 4. The summed E-state index contributed by atoms with van der Waals surface area (Å²) in [6.45, 7) is 2.01. The number of carbonyl (C=O) groups is 1. The molecule has 0 atom stereocenters. The second kappa shape index (κ2) is 7.53. The van der Waals surface area contributed by atoms with E-state index in [9.17, 15) is 4.79 Å². The summed E-state index contributed by atoms with van der Waals surface area (Å²) in [5.41, 5.74) is 4.82. The number of para-hydroxylation sites is 2. The number of aryl methyl sites for hydroxylation is 1. The van der Waals surface area contributed by atoms with E-state index in [1.54, 1.807) is 7.11 Å². The molecule has 1 amide bonds. The average Bonchev–Trinajstić information content (AvgIpc) is 2.74. The predicted molar refractivity (Wildman–Crippen MR) is 113 cm³/mol. The standard InChI is InChI=1S/C24H20N2O2/c1-16-12-13-20-18(14-16)19(15-22(25-20)17-8-4-3-5-9-17)24(27)26-21-10-6-7-11-23(21)28-2/h3-15H,1-2H3,(H,26,27). The van der Waals surface area contributed by atoms with Gasteiger partial charge in [0.1, 0.15) is 5.75 Å². The molecule has 0 fully saturated rings. The van der Waals surface area contributed by atoms with Crippen molar-refractivity contribution in [2.45, 2.75) is 6.92 Å². The maximum Gasteiger partial charge on any atom is 0.256 e. The molecule has 1 N–H and O–H groups in total. The number of fused-ring (bicyclic) bond motifs is 1. The molecule has 4 rings (SSSR count). The number of hydrogen-bond donors (Lipinski definition) is 1. The van der Waals surface area contributed by atoms with Gasteiger partial charge in [0.25, 0.3) is 5.91 Å². The smallest absolute Gasteiger partial charge is 0.256 e. The Morgan fingerprint density at radius 2 is 1.68 bits per heavy atom. The van der Waals surface area contributed by atoms with E-state index in [-0.39, 0.29) is 5.91 Å². The third kappa shape index (κ3) is 3.45. The zero-order valence-corrected chi connectivity index (χ0v) is 15.8. The van der Waals surface area contributed by atoms with Crippen LogP contribution in [-0.4, -0.2) is 18.0 Å². The minimum Gasteiger partial charge on any atom is -0.495 e. The highest BCUT2D eigenvalue weighted by molar-refractivity contribution is 6.13. The first-order valence-electron chi connectivity index (χ1n) is 9.07. The lowest BCUT2D eigenvalue weighted by Gasteiger charge is -2.13. The minimum atomic E-state index is -0.195. The molecule has 0 aliphatic carbocycles. The molecule has 28 heavy (non-hydrogen) atoms. The highest BCUT2D eigenvalue weighted by Crippen LogP contribution is 2.28. The molecule has 0 aliphatic rings. The van der Waals surface area contributed by atoms with Gasteiger partial charge in [0, 0.05) is 10.9 Å². The van der Waals surface area contributed by atoms with Crippen molar-refractivity contribution < 1.29 is 9.53 Å². The third-order valence-electron chi connectivity index (χ3n) is 4.63. The Bertz CT molecular complexity index is 1150. The van der Waals surface area contributed by atoms with Gasteiger partial charge in [0.15, 0.2) is 0 Å². The van der Waals surface area contributed by atoms with Gasteiger partial charge in [-0.15, -0.1) is 0 Å². The predicted octanol–water partition coefficient (Wildman–Crippen LogP) is 5.47. The first-order valence-corrected chi connectivity index (χ1v) is 9.07. The molecule has 0 unspecified atom stereocenters. The van der Waals surface area contributed by atoms with Crippen molar-refractivity contribution in [3.63, 3.8) is 0 Å². The van der Waals surface area contributed by atoms with Crippen molar-refractivity contribution in [1.29, 1.82) is 0 Å². The van der Waals surface area contributed by atoms with Gasteiger partial charge in [-0.25, -0.2) is 4.98 Å². The Morgan fingerprint density at radius 1 is 0.929 bits per heavy atom. The molecular formula is C24H20N2O2. The monoisotopic (exact) mass is 368 g/mol. The Hall–Kier alpha value is -3.66. The number of ether oxygens (including phenoxy) is 1. The lowest BCUT2D eigenvalue weighted by atomic mass is 10.0. The van der Waals surface area contributed by atoms with Crippen molar-refractivity contribution in [2.24, 2.45) is 0 Å². The van der Waals surface area contributed by atoms with Crippen LogP contribution in [0.25, 0.3) is 22.2 Å². The number of nitrogens with one attached hydrogen (secondary N) is 1. The highest BCUT2D eigenvalue weighted by Gasteiger charge is 2.16. The molecule has 0 saturated carbocycles. The van der Waals surface area contributed by atoms with Crippen LogP contribution in [0.5, 0.6) is 5.75 Å². The Labute approximate surface area is 163 Å². The van der Waals surface area contributed by atoms with Crippen LogP contribution in [0.4, 0.5) is 5.69 Å². The number of hydrogen-bond acceptors (Lipinski definition) is 3. The van der Waals surface area contributed by atoms with E-state index in [0.29, 0.717) is 17.0 Å². The van der Waals surface area contributed by atoms with Crippen molar-refractivity contribution in [2.75, 3.05) is 12.4 Å². The van der Waals surface area contributed by atoms with Crippen LogP contribution in [0.3, 0.4) is 0 Å². The summed E-state index contributed by atoms with van der Waals surface area (Å²) in [5, 5.41) is 3.80. The largest absolute Gasteiger partial charge is 0.495 e. The zero-order chi connectivity index (χ0) is 19.5. The maximum atomic E-state index is 13.2. The second-order valence-electron chi connectivity index (χ2n) is 6.60. The Morgan fingerprint density at radius 3 is 2.46 bits per heavy atom. The molecule has 0 aliphatic heterocycles. The summed E-state index contributed by atoms with van der Waals surface area (Å²) in [6, 6.07) is 25.0. The molecular weight excluding hydrogens is 348 g/mol. The number of anilines is 1. The van der Waals surface area contributed by atoms with E-state index >= 15 is 0 Å². The Kier molecular flexibility index (Phi) is 4.77. The van der Waals surface area contributed by atoms with Gasteiger partial charge in [-0.1, -0.05) is 54.1 Å². The van der Waals surface area contributed by atoms with Crippen molar-refractivity contribution >= 4 is 22.5 Å². The van der Waals surface area contributed by atoms with Crippen LogP contribution in [0.1, 0.15) is 15.9 Å². The lowest BCUT2D eigenvalue weighted by Crippen LogP contribution is -2.14. The quantitative estimate of drug-likeness (QED) is 0.519. The number of carbonyl (C=O) groups excluding carboxylic acids is 1. The fourth-order valence-corrected chi connectivity index (χ4v) is 3.22. The third-order valence-corrected chi connectivity index (χ3v) is 4.63. The van der Waals surface area contributed by atoms with E-state index in [2.05, 4.69) is 5.32 Å². The van der Waals surface area contributed by atoms with Gasteiger partial charge >= 0.3 is 0 Å². The number of aromatic nitrogens is 1. The van der Waals surface area contributed by atoms with Crippen LogP contribution in [-0.2, 0) is 0 Å². The molecule has 3 aromatic carbocycles. The van der Waals surface area contributed by atoms with E-state index in [1.165, 1.54) is 0 Å². The average molecular weight is 368 g/mol. The summed E-state index contributed by atoms with van der Waals surface area (Å²) in [7, 11) is 1.59. The van der Waals surface area contributed by atoms with Crippen LogP contribution < -0.4 is 10.1 Å². The van der Waals surface area contributed by atoms with Crippen molar-refractivity contribution in [3.8, 4) is 17.0 Å². The SMILES string of the molecule is COc1ccccc1NC(=O)c1cc(-c2ccccc2)nc2ccc(C)cc12. The normalized spacial score (nSPS) is 10.6.